The summed E-state index contributed by atoms with van der Waals surface area (Å²) in [5.74, 6) is 2.26. The molecule has 5 nitrogen and oxygen atoms in total. The van der Waals surface area contributed by atoms with Crippen molar-refractivity contribution in [2.24, 2.45) is 46.3 Å². The zero-order chi connectivity index (χ0) is 26.8. The van der Waals surface area contributed by atoms with Gasteiger partial charge in [-0.3, -0.25) is 4.79 Å². The van der Waals surface area contributed by atoms with E-state index >= 15 is 0 Å². The lowest BCUT2D eigenvalue weighted by Gasteiger charge is -2.63. The SMILES string of the molecule is C[C@H](CCC(=O)N1CCc2ccccc2C1)[C@H]1CC[C@H]2[C@@H]3[C@H](O)C[C@@H]4C[C@H](O)CC[C@]4(C)[C@H]3C[C@H](O)[C@]12C. The second kappa shape index (κ2) is 9.89. The first-order valence-electron chi connectivity index (χ1n) is 15.5. The molecule has 0 saturated heterocycles. The van der Waals surface area contributed by atoms with Crippen LogP contribution in [0, 0.1) is 46.3 Å². The second-order valence-electron chi connectivity index (χ2n) is 14.4. The Morgan fingerprint density at radius 1 is 1.03 bits per heavy atom. The topological polar surface area (TPSA) is 81.0 Å². The fraction of sp³-hybridized carbons (Fsp3) is 0.788. The number of hydrogen-bond acceptors (Lipinski definition) is 4. The van der Waals surface area contributed by atoms with Gasteiger partial charge in [0.1, 0.15) is 0 Å². The molecule has 1 amide bonds. The van der Waals surface area contributed by atoms with Crippen LogP contribution in [0.25, 0.3) is 0 Å². The predicted molar refractivity (Wildman–Crippen MR) is 148 cm³/mol. The maximum Gasteiger partial charge on any atom is 0.222 e. The molecule has 11 atom stereocenters. The number of aliphatic hydroxyl groups excluding tert-OH is 3. The van der Waals surface area contributed by atoms with Crippen LogP contribution in [0.2, 0.25) is 0 Å². The van der Waals surface area contributed by atoms with Crippen molar-refractivity contribution < 1.29 is 20.1 Å². The molecule has 6 rings (SSSR count). The first kappa shape index (κ1) is 26.8. The maximum atomic E-state index is 13.2. The summed E-state index contributed by atoms with van der Waals surface area (Å²) < 4.78 is 0. The van der Waals surface area contributed by atoms with Crippen LogP contribution < -0.4 is 0 Å². The summed E-state index contributed by atoms with van der Waals surface area (Å²) in [5.41, 5.74) is 2.55. The van der Waals surface area contributed by atoms with Crippen molar-refractivity contribution in [2.75, 3.05) is 6.54 Å². The molecule has 4 saturated carbocycles. The van der Waals surface area contributed by atoms with E-state index in [0.717, 1.165) is 70.9 Å². The number of carbonyl (C=O) groups is 1. The van der Waals surface area contributed by atoms with Crippen molar-refractivity contribution in [3.05, 3.63) is 35.4 Å². The number of nitrogens with zero attached hydrogens (tertiary/aromatic N) is 1. The molecule has 3 N–H and O–H groups in total. The van der Waals surface area contributed by atoms with Crippen LogP contribution >= 0.6 is 0 Å². The highest BCUT2D eigenvalue weighted by atomic mass is 16.3. The first-order chi connectivity index (χ1) is 18.1. The van der Waals surface area contributed by atoms with E-state index in [2.05, 4.69) is 45.0 Å². The number of benzene rings is 1. The van der Waals surface area contributed by atoms with Gasteiger partial charge in [-0.05, 0) is 115 Å². The number of carbonyl (C=O) groups excluding carboxylic acids is 1. The molecule has 0 spiro atoms. The van der Waals surface area contributed by atoms with Crippen molar-refractivity contribution in [3.8, 4) is 0 Å². The molecule has 0 radical (unpaired) electrons. The molecule has 0 aromatic heterocycles. The van der Waals surface area contributed by atoms with Crippen molar-refractivity contribution in [1.82, 2.24) is 4.90 Å². The molecule has 210 valence electrons. The quantitative estimate of drug-likeness (QED) is 0.522. The van der Waals surface area contributed by atoms with Gasteiger partial charge in [-0.25, -0.2) is 0 Å². The molecular formula is C33H49NO4. The highest BCUT2D eigenvalue weighted by Gasteiger charge is 2.65. The lowest BCUT2D eigenvalue weighted by molar-refractivity contribution is -0.207. The van der Waals surface area contributed by atoms with Crippen LogP contribution in [0.3, 0.4) is 0 Å². The number of fused-ring (bicyclic) bond motifs is 6. The van der Waals surface area contributed by atoms with E-state index < -0.39 is 0 Å². The van der Waals surface area contributed by atoms with Gasteiger partial charge in [-0.15, -0.1) is 0 Å². The normalized spacial score (nSPS) is 44.9. The zero-order valence-electron chi connectivity index (χ0n) is 23.7. The summed E-state index contributed by atoms with van der Waals surface area (Å²) in [6, 6.07) is 8.47. The predicted octanol–water partition coefficient (Wildman–Crippen LogP) is 4.95. The molecule has 5 heteroatoms. The van der Waals surface area contributed by atoms with Crippen LogP contribution in [-0.4, -0.2) is 51.0 Å². The van der Waals surface area contributed by atoms with Crippen LogP contribution in [-0.2, 0) is 17.8 Å². The minimum atomic E-state index is -0.368. The molecule has 38 heavy (non-hydrogen) atoms. The molecule has 4 aliphatic carbocycles. The van der Waals surface area contributed by atoms with Crippen molar-refractivity contribution >= 4 is 5.91 Å². The van der Waals surface area contributed by atoms with E-state index in [1.807, 2.05) is 4.90 Å². The number of amides is 1. The Bertz CT molecular complexity index is 1040. The summed E-state index contributed by atoms with van der Waals surface area (Å²) >= 11 is 0. The van der Waals surface area contributed by atoms with Gasteiger partial charge in [0, 0.05) is 19.5 Å². The standard InChI is InChI=1S/C33H49NO4/c1-20(8-11-30(38)34-15-13-21-6-4-5-7-22(21)19-34)25-9-10-26-31-27(18-29(37)33(25,26)3)32(2)14-12-24(35)16-23(32)17-28(31)36/h4-7,20,23-29,31,35-37H,8-19H2,1-3H3/t20-,23+,24-,25-,26+,27+,28-,29+,31+,32+,33-/m1/s1. The van der Waals surface area contributed by atoms with Gasteiger partial charge in [-0.1, -0.05) is 45.0 Å². The third kappa shape index (κ3) is 4.18. The zero-order valence-corrected chi connectivity index (χ0v) is 23.7. The van der Waals surface area contributed by atoms with Gasteiger partial charge >= 0.3 is 0 Å². The average Bonchev–Trinajstić information content (AvgIpc) is 3.27. The minimum Gasteiger partial charge on any atom is -0.393 e. The molecular weight excluding hydrogens is 474 g/mol. The van der Waals surface area contributed by atoms with E-state index in [1.54, 1.807) is 0 Å². The van der Waals surface area contributed by atoms with Gasteiger partial charge in [0.25, 0.3) is 0 Å². The van der Waals surface area contributed by atoms with E-state index in [-0.39, 0.29) is 41.0 Å². The monoisotopic (exact) mass is 523 g/mol. The Labute approximate surface area is 229 Å². The third-order valence-corrected chi connectivity index (χ3v) is 12.8. The molecule has 1 aromatic carbocycles. The highest BCUT2D eigenvalue weighted by Crippen LogP contribution is 2.68. The van der Waals surface area contributed by atoms with E-state index in [9.17, 15) is 20.1 Å². The Balaban J connectivity index is 1.13. The molecule has 1 heterocycles. The molecule has 5 aliphatic rings. The molecule has 4 fully saturated rings. The minimum absolute atomic E-state index is 0.106. The summed E-state index contributed by atoms with van der Waals surface area (Å²) in [5, 5.41) is 33.6. The van der Waals surface area contributed by atoms with Gasteiger partial charge < -0.3 is 20.2 Å². The van der Waals surface area contributed by atoms with Crippen molar-refractivity contribution in [2.45, 2.75) is 110 Å². The van der Waals surface area contributed by atoms with Gasteiger partial charge in [0.2, 0.25) is 5.91 Å². The highest BCUT2D eigenvalue weighted by molar-refractivity contribution is 5.76. The van der Waals surface area contributed by atoms with Gasteiger partial charge in [0.05, 0.1) is 18.3 Å². The number of hydrogen-bond donors (Lipinski definition) is 3. The number of aliphatic hydroxyl groups is 3. The summed E-state index contributed by atoms with van der Waals surface area (Å²) in [6.07, 6.45) is 7.81. The van der Waals surface area contributed by atoms with Crippen LogP contribution in [0.15, 0.2) is 24.3 Å². The second-order valence-corrected chi connectivity index (χ2v) is 14.4. The Morgan fingerprint density at radius 3 is 2.58 bits per heavy atom. The molecule has 1 aromatic rings. The summed E-state index contributed by atoms with van der Waals surface area (Å²) in [6.45, 7) is 8.53. The first-order valence-corrected chi connectivity index (χ1v) is 15.5. The molecule has 1 aliphatic heterocycles. The smallest absolute Gasteiger partial charge is 0.222 e. The Kier molecular flexibility index (Phi) is 6.97. The third-order valence-electron chi connectivity index (χ3n) is 12.8. The maximum absolute atomic E-state index is 13.2. The molecule has 0 unspecified atom stereocenters. The molecule has 0 bridgehead atoms. The van der Waals surface area contributed by atoms with Gasteiger partial charge in [0.15, 0.2) is 0 Å². The fourth-order valence-corrected chi connectivity index (χ4v) is 10.6. The van der Waals surface area contributed by atoms with Crippen molar-refractivity contribution in [3.63, 3.8) is 0 Å². The summed E-state index contributed by atoms with van der Waals surface area (Å²) in [7, 11) is 0. The Morgan fingerprint density at radius 2 is 1.79 bits per heavy atom. The van der Waals surface area contributed by atoms with E-state index in [1.165, 1.54) is 11.1 Å². The van der Waals surface area contributed by atoms with Crippen LogP contribution in [0.4, 0.5) is 0 Å². The number of rotatable bonds is 4. The van der Waals surface area contributed by atoms with Crippen molar-refractivity contribution in [1.29, 1.82) is 0 Å². The average molecular weight is 524 g/mol. The van der Waals surface area contributed by atoms with Gasteiger partial charge in [-0.2, -0.15) is 0 Å². The largest absolute Gasteiger partial charge is 0.393 e. The van der Waals surface area contributed by atoms with E-state index in [0.29, 0.717) is 36.0 Å². The summed E-state index contributed by atoms with van der Waals surface area (Å²) in [4.78, 5) is 15.2. The van der Waals surface area contributed by atoms with Crippen LogP contribution in [0.1, 0.15) is 89.7 Å². The van der Waals surface area contributed by atoms with E-state index in [4.69, 9.17) is 0 Å². The Hall–Kier alpha value is -1.43. The fourth-order valence-electron chi connectivity index (χ4n) is 10.6. The van der Waals surface area contributed by atoms with Crippen LogP contribution in [0.5, 0.6) is 0 Å². The lowest BCUT2D eigenvalue weighted by Crippen LogP contribution is -2.62. The lowest BCUT2D eigenvalue weighted by atomic mass is 9.43.